The summed E-state index contributed by atoms with van der Waals surface area (Å²) in [5, 5.41) is 25.3. The van der Waals surface area contributed by atoms with Gasteiger partial charge in [-0.05, 0) is 30.5 Å². The van der Waals surface area contributed by atoms with Crippen LogP contribution in [0.1, 0.15) is 32.4 Å². The third-order valence-electron chi connectivity index (χ3n) is 3.74. The minimum Gasteiger partial charge on any atom is -0.394 e. The van der Waals surface area contributed by atoms with Gasteiger partial charge in [-0.3, -0.25) is 0 Å². The van der Waals surface area contributed by atoms with Crippen molar-refractivity contribution in [3.8, 4) is 0 Å². The van der Waals surface area contributed by atoms with E-state index in [0.29, 0.717) is 16.7 Å². The molecule has 2 aromatic rings. The van der Waals surface area contributed by atoms with Crippen molar-refractivity contribution in [1.82, 2.24) is 9.97 Å². The summed E-state index contributed by atoms with van der Waals surface area (Å²) in [5.41, 5.74) is 1.66. The molecule has 4 N–H and O–H groups in total. The van der Waals surface area contributed by atoms with E-state index >= 15 is 0 Å². The minimum absolute atomic E-state index is 0.0124. The van der Waals surface area contributed by atoms with Gasteiger partial charge in [-0.15, -0.1) is 12.6 Å². The van der Waals surface area contributed by atoms with Gasteiger partial charge in [-0.1, -0.05) is 26.0 Å². The van der Waals surface area contributed by atoms with Crippen molar-refractivity contribution in [2.75, 3.05) is 17.2 Å². The van der Waals surface area contributed by atoms with Crippen LogP contribution in [0.4, 0.5) is 17.5 Å². The maximum atomic E-state index is 9.54. The van der Waals surface area contributed by atoms with Crippen LogP contribution in [0.15, 0.2) is 35.4 Å². The highest BCUT2D eigenvalue weighted by molar-refractivity contribution is 7.80. The van der Waals surface area contributed by atoms with Gasteiger partial charge in [0.25, 0.3) is 0 Å². The maximum absolute atomic E-state index is 9.54. The Labute approximate surface area is 147 Å². The Balaban J connectivity index is 2.15. The molecule has 1 unspecified atom stereocenters. The Hall–Kier alpha value is -1.83. The van der Waals surface area contributed by atoms with E-state index in [2.05, 4.69) is 33.2 Å². The molecule has 0 radical (unpaired) electrons. The second-order valence-electron chi connectivity index (χ2n) is 6.03. The molecule has 0 bridgehead atoms. The molecule has 1 heterocycles. The molecule has 7 heteroatoms. The van der Waals surface area contributed by atoms with Crippen molar-refractivity contribution in [3.63, 3.8) is 0 Å². The minimum atomic E-state index is -0.499. The molecule has 0 aliphatic heterocycles. The molecule has 6 nitrogen and oxygen atoms in total. The van der Waals surface area contributed by atoms with E-state index in [-0.39, 0.29) is 18.6 Å². The number of hydrogen-bond donors (Lipinski definition) is 5. The number of aliphatic hydroxyl groups excluding tert-OH is 2. The summed E-state index contributed by atoms with van der Waals surface area (Å²) in [7, 11) is 0. The second kappa shape index (κ2) is 8.32. The summed E-state index contributed by atoms with van der Waals surface area (Å²) in [5.74, 6) is 1.26. The number of aromatic nitrogens is 2. The fraction of sp³-hybridized carbons (Fsp3) is 0.412. The molecule has 0 saturated heterocycles. The van der Waals surface area contributed by atoms with E-state index in [1.807, 2.05) is 38.1 Å². The Morgan fingerprint density at radius 3 is 2.38 bits per heavy atom. The van der Waals surface area contributed by atoms with Gasteiger partial charge in [0.2, 0.25) is 5.95 Å². The number of hydrogen-bond acceptors (Lipinski definition) is 7. The topological polar surface area (TPSA) is 90.3 Å². The van der Waals surface area contributed by atoms with E-state index in [1.165, 1.54) is 0 Å². The lowest BCUT2D eigenvalue weighted by atomic mass is 10.1. The number of nitrogens with zero attached hydrogens (tertiary/aromatic N) is 2. The Morgan fingerprint density at radius 2 is 1.83 bits per heavy atom. The summed E-state index contributed by atoms with van der Waals surface area (Å²) >= 11 is 4.36. The molecule has 0 amide bonds. The number of thiol groups is 1. The number of rotatable bonds is 7. The van der Waals surface area contributed by atoms with Crippen LogP contribution < -0.4 is 10.6 Å². The first kappa shape index (κ1) is 18.5. The molecule has 1 aromatic carbocycles. The number of aliphatic hydroxyl groups is 2. The van der Waals surface area contributed by atoms with Gasteiger partial charge in [0, 0.05) is 11.9 Å². The fourth-order valence-electron chi connectivity index (χ4n) is 2.11. The number of anilines is 3. The van der Waals surface area contributed by atoms with Crippen LogP contribution in [-0.2, 0) is 0 Å². The van der Waals surface area contributed by atoms with Gasteiger partial charge in [-0.25, -0.2) is 4.98 Å². The van der Waals surface area contributed by atoms with Crippen molar-refractivity contribution in [2.45, 2.75) is 37.8 Å². The highest BCUT2D eigenvalue weighted by Gasteiger charge is 2.15. The molecule has 0 fully saturated rings. The largest absolute Gasteiger partial charge is 0.394 e. The smallest absolute Gasteiger partial charge is 0.229 e. The van der Waals surface area contributed by atoms with E-state index in [4.69, 9.17) is 0 Å². The first-order chi connectivity index (χ1) is 11.4. The van der Waals surface area contributed by atoms with E-state index in [1.54, 1.807) is 13.1 Å². The lowest BCUT2D eigenvalue weighted by Gasteiger charge is -2.21. The molecular formula is C17H24N4O2S. The zero-order valence-corrected chi connectivity index (χ0v) is 15.0. The normalized spacial score (nSPS) is 13.6. The molecule has 130 valence electrons. The predicted molar refractivity (Wildman–Crippen MR) is 99.0 cm³/mol. The van der Waals surface area contributed by atoms with Gasteiger partial charge in [0.05, 0.1) is 23.6 Å². The highest BCUT2D eigenvalue weighted by Crippen LogP contribution is 2.23. The van der Waals surface area contributed by atoms with Crippen molar-refractivity contribution >= 4 is 30.1 Å². The van der Waals surface area contributed by atoms with Crippen LogP contribution in [-0.4, -0.2) is 32.8 Å². The van der Waals surface area contributed by atoms with Crippen LogP contribution in [0.2, 0.25) is 0 Å². The zero-order valence-electron chi connectivity index (χ0n) is 14.1. The van der Waals surface area contributed by atoms with Crippen molar-refractivity contribution < 1.29 is 10.2 Å². The SMILES string of the molecule is CC(O)c1ccc(Nc2ncc(S)c(N[C@@H](CO)C(C)C)n2)cc1. The number of nitrogens with one attached hydrogen (secondary N) is 2. The lowest BCUT2D eigenvalue weighted by molar-refractivity contribution is 0.199. The number of benzene rings is 1. The van der Waals surface area contributed by atoms with E-state index in [9.17, 15) is 10.2 Å². The summed E-state index contributed by atoms with van der Waals surface area (Å²) < 4.78 is 0. The maximum Gasteiger partial charge on any atom is 0.229 e. The van der Waals surface area contributed by atoms with Gasteiger partial charge in [-0.2, -0.15) is 4.98 Å². The summed E-state index contributed by atoms with van der Waals surface area (Å²) in [6.45, 7) is 5.78. The molecule has 24 heavy (non-hydrogen) atoms. The van der Waals surface area contributed by atoms with Crippen LogP contribution in [0.3, 0.4) is 0 Å². The van der Waals surface area contributed by atoms with Gasteiger partial charge in [0.15, 0.2) is 0 Å². The molecular weight excluding hydrogens is 324 g/mol. The quantitative estimate of drug-likeness (QED) is 0.494. The Morgan fingerprint density at radius 1 is 1.17 bits per heavy atom. The first-order valence-corrected chi connectivity index (χ1v) is 8.34. The first-order valence-electron chi connectivity index (χ1n) is 7.89. The predicted octanol–water partition coefficient (Wildman–Crippen LogP) is 2.99. The van der Waals surface area contributed by atoms with E-state index in [0.717, 1.165) is 11.3 Å². The third-order valence-corrected chi connectivity index (χ3v) is 4.07. The van der Waals surface area contributed by atoms with Crippen LogP contribution in [0.5, 0.6) is 0 Å². The summed E-state index contributed by atoms with van der Waals surface area (Å²) in [6.07, 6.45) is 1.11. The standard InChI is InChI=1S/C17H24N4O2S/c1-10(2)14(9-22)20-16-15(24)8-18-17(21-16)19-13-6-4-12(5-7-13)11(3)23/h4-8,10-11,14,22-24H,9H2,1-3H3,(H2,18,19,20,21)/t11?,14-/m0/s1. The van der Waals surface area contributed by atoms with Gasteiger partial charge >= 0.3 is 0 Å². The monoisotopic (exact) mass is 348 g/mol. The third kappa shape index (κ3) is 4.83. The molecule has 2 atom stereocenters. The Bertz CT molecular complexity index is 662. The van der Waals surface area contributed by atoms with Crippen molar-refractivity contribution in [2.24, 2.45) is 5.92 Å². The van der Waals surface area contributed by atoms with Crippen LogP contribution in [0.25, 0.3) is 0 Å². The Kier molecular flexibility index (Phi) is 6.42. The van der Waals surface area contributed by atoms with Crippen molar-refractivity contribution in [1.29, 1.82) is 0 Å². The van der Waals surface area contributed by atoms with E-state index < -0.39 is 6.10 Å². The molecule has 0 spiro atoms. The second-order valence-corrected chi connectivity index (χ2v) is 6.51. The fourth-order valence-corrected chi connectivity index (χ4v) is 2.29. The summed E-state index contributed by atoms with van der Waals surface area (Å²) in [6, 6.07) is 7.30. The highest BCUT2D eigenvalue weighted by atomic mass is 32.1. The van der Waals surface area contributed by atoms with Crippen LogP contribution in [0, 0.1) is 5.92 Å². The summed E-state index contributed by atoms with van der Waals surface area (Å²) in [4.78, 5) is 9.26. The average Bonchev–Trinajstić information content (AvgIpc) is 2.55. The average molecular weight is 348 g/mol. The molecule has 0 saturated carbocycles. The van der Waals surface area contributed by atoms with Gasteiger partial charge in [0.1, 0.15) is 5.82 Å². The molecule has 2 rings (SSSR count). The van der Waals surface area contributed by atoms with Crippen molar-refractivity contribution in [3.05, 3.63) is 36.0 Å². The van der Waals surface area contributed by atoms with Gasteiger partial charge < -0.3 is 20.8 Å². The zero-order chi connectivity index (χ0) is 17.7. The molecule has 1 aromatic heterocycles. The molecule has 0 aliphatic rings. The lowest BCUT2D eigenvalue weighted by Crippen LogP contribution is -2.30. The molecule has 0 aliphatic carbocycles. The van der Waals surface area contributed by atoms with Crippen LogP contribution >= 0.6 is 12.6 Å².